The van der Waals surface area contributed by atoms with Crippen molar-refractivity contribution < 1.29 is 0 Å². The highest BCUT2D eigenvalue weighted by atomic mass is 32.1. The van der Waals surface area contributed by atoms with Gasteiger partial charge in [-0.15, -0.1) is 11.3 Å². The average molecular weight is 283 g/mol. The number of benzene rings is 1. The van der Waals surface area contributed by atoms with Gasteiger partial charge in [-0.25, -0.2) is 4.98 Å². The summed E-state index contributed by atoms with van der Waals surface area (Å²) in [7, 11) is 0. The normalized spacial score (nSPS) is 11.1. The minimum absolute atomic E-state index is 0.853. The molecule has 0 fully saturated rings. The highest BCUT2D eigenvalue weighted by Gasteiger charge is 2.03. The molecular formula is C16H17N3S. The summed E-state index contributed by atoms with van der Waals surface area (Å²) >= 11 is 1.73. The zero-order chi connectivity index (χ0) is 13.8. The summed E-state index contributed by atoms with van der Waals surface area (Å²) in [6.45, 7) is 3.89. The second kappa shape index (κ2) is 6.11. The first kappa shape index (κ1) is 13.2. The van der Waals surface area contributed by atoms with Crippen LogP contribution in [-0.4, -0.2) is 16.5 Å². The third-order valence-corrected chi connectivity index (χ3v) is 4.40. The van der Waals surface area contributed by atoms with Crippen LogP contribution >= 0.6 is 11.3 Å². The lowest BCUT2D eigenvalue weighted by Gasteiger charge is -2.07. The molecule has 2 heterocycles. The lowest BCUT2D eigenvalue weighted by Crippen LogP contribution is -2.17. The third kappa shape index (κ3) is 2.86. The van der Waals surface area contributed by atoms with E-state index in [0.29, 0.717) is 0 Å². The molecule has 3 aromatic rings. The average Bonchev–Trinajstić information content (AvgIpc) is 2.89. The Kier molecular flexibility index (Phi) is 4.04. The molecule has 0 unspecified atom stereocenters. The highest BCUT2D eigenvalue weighted by molar-refractivity contribution is 7.09. The number of hydrogen-bond donors (Lipinski definition) is 1. The van der Waals surface area contributed by atoms with E-state index in [9.17, 15) is 0 Å². The van der Waals surface area contributed by atoms with Gasteiger partial charge in [-0.3, -0.25) is 4.98 Å². The van der Waals surface area contributed by atoms with Crippen molar-refractivity contribution >= 4 is 22.2 Å². The molecule has 0 aliphatic heterocycles. The minimum atomic E-state index is 0.853. The van der Waals surface area contributed by atoms with Crippen molar-refractivity contribution in [3.8, 4) is 0 Å². The molecule has 0 radical (unpaired) electrons. The van der Waals surface area contributed by atoms with Gasteiger partial charge in [-0.2, -0.15) is 0 Å². The van der Waals surface area contributed by atoms with Crippen molar-refractivity contribution in [1.29, 1.82) is 0 Å². The number of fused-ring (bicyclic) bond motifs is 1. The summed E-state index contributed by atoms with van der Waals surface area (Å²) < 4.78 is 0. The van der Waals surface area contributed by atoms with Gasteiger partial charge in [0, 0.05) is 29.5 Å². The van der Waals surface area contributed by atoms with E-state index in [-0.39, 0.29) is 0 Å². The molecule has 2 aromatic heterocycles. The van der Waals surface area contributed by atoms with E-state index in [4.69, 9.17) is 0 Å². The van der Waals surface area contributed by atoms with E-state index in [1.165, 1.54) is 15.8 Å². The summed E-state index contributed by atoms with van der Waals surface area (Å²) in [4.78, 5) is 10.1. The molecule has 0 saturated carbocycles. The first-order chi connectivity index (χ1) is 9.84. The Labute approximate surface area is 122 Å². The maximum Gasteiger partial charge on any atom is 0.0797 e. The molecule has 0 bridgehead atoms. The number of aryl methyl sites for hydroxylation is 1. The van der Waals surface area contributed by atoms with E-state index < -0.39 is 0 Å². The van der Waals surface area contributed by atoms with E-state index in [1.54, 1.807) is 11.3 Å². The lowest BCUT2D eigenvalue weighted by molar-refractivity contribution is 0.691. The Hall–Kier alpha value is -1.78. The molecule has 0 aliphatic carbocycles. The third-order valence-electron chi connectivity index (χ3n) is 3.41. The lowest BCUT2D eigenvalue weighted by atomic mass is 10.1. The maximum absolute atomic E-state index is 4.48. The molecule has 0 aliphatic rings. The van der Waals surface area contributed by atoms with Crippen molar-refractivity contribution in [3.63, 3.8) is 0 Å². The summed E-state index contributed by atoms with van der Waals surface area (Å²) in [6, 6.07) is 10.4. The maximum atomic E-state index is 4.48. The highest BCUT2D eigenvalue weighted by Crippen LogP contribution is 2.16. The van der Waals surface area contributed by atoms with Gasteiger partial charge in [0.2, 0.25) is 0 Å². The molecule has 0 spiro atoms. The van der Waals surface area contributed by atoms with Gasteiger partial charge in [0.1, 0.15) is 0 Å². The van der Waals surface area contributed by atoms with E-state index >= 15 is 0 Å². The van der Waals surface area contributed by atoms with Crippen LogP contribution in [-0.2, 0) is 13.0 Å². The van der Waals surface area contributed by atoms with Crippen LogP contribution < -0.4 is 5.32 Å². The number of nitrogens with zero attached hydrogens (tertiary/aromatic N) is 2. The van der Waals surface area contributed by atoms with E-state index in [2.05, 4.69) is 46.5 Å². The van der Waals surface area contributed by atoms with Gasteiger partial charge in [-0.1, -0.05) is 24.3 Å². The zero-order valence-corrected chi connectivity index (χ0v) is 12.3. The molecule has 0 saturated heterocycles. The largest absolute Gasteiger partial charge is 0.312 e. The van der Waals surface area contributed by atoms with Crippen LogP contribution in [0.15, 0.2) is 42.0 Å². The first-order valence-electron chi connectivity index (χ1n) is 6.77. The van der Waals surface area contributed by atoms with Crippen LogP contribution in [0.5, 0.6) is 0 Å². The Bertz CT molecular complexity index is 700. The van der Waals surface area contributed by atoms with Crippen LogP contribution in [0.2, 0.25) is 0 Å². The van der Waals surface area contributed by atoms with E-state index in [0.717, 1.165) is 30.7 Å². The second-order valence-electron chi connectivity index (χ2n) is 4.78. The van der Waals surface area contributed by atoms with Gasteiger partial charge < -0.3 is 5.32 Å². The Morgan fingerprint density at radius 2 is 2.05 bits per heavy atom. The fourth-order valence-corrected chi connectivity index (χ4v) is 3.08. The van der Waals surface area contributed by atoms with Crippen LogP contribution in [0.1, 0.15) is 16.1 Å². The molecule has 0 atom stereocenters. The number of hydrogen-bond acceptors (Lipinski definition) is 4. The smallest absolute Gasteiger partial charge is 0.0797 e. The van der Waals surface area contributed by atoms with Crippen LogP contribution in [0.25, 0.3) is 10.9 Å². The Morgan fingerprint density at radius 3 is 2.90 bits per heavy atom. The molecule has 1 N–H and O–H groups in total. The predicted molar refractivity (Wildman–Crippen MR) is 84.0 cm³/mol. The molecule has 3 nitrogen and oxygen atoms in total. The molecule has 4 heteroatoms. The molecule has 0 amide bonds. The Morgan fingerprint density at radius 1 is 1.15 bits per heavy atom. The minimum Gasteiger partial charge on any atom is -0.312 e. The summed E-state index contributed by atoms with van der Waals surface area (Å²) in [5.74, 6) is 0. The number of rotatable bonds is 5. The standard InChI is InChI=1S/C16H17N3S/c1-12-15(20-11-19-12)7-9-17-10-14-5-2-4-13-6-3-8-18-16(13)14/h2-6,8,11,17H,7,9-10H2,1H3. The second-order valence-corrected chi connectivity index (χ2v) is 5.72. The van der Waals surface area contributed by atoms with Crippen molar-refractivity contribution in [1.82, 2.24) is 15.3 Å². The van der Waals surface area contributed by atoms with Crippen LogP contribution in [0, 0.1) is 6.92 Å². The fraction of sp³-hybridized carbons (Fsp3) is 0.250. The molecule has 20 heavy (non-hydrogen) atoms. The SMILES string of the molecule is Cc1ncsc1CCNCc1cccc2cccnc12. The fourth-order valence-electron chi connectivity index (χ4n) is 2.30. The monoisotopic (exact) mass is 283 g/mol. The van der Waals surface area contributed by atoms with Gasteiger partial charge in [-0.05, 0) is 25.0 Å². The topological polar surface area (TPSA) is 37.8 Å². The van der Waals surface area contributed by atoms with Crippen LogP contribution in [0.4, 0.5) is 0 Å². The first-order valence-corrected chi connectivity index (χ1v) is 7.65. The quantitative estimate of drug-likeness (QED) is 0.730. The predicted octanol–water partition coefficient (Wildman–Crippen LogP) is 3.33. The number of para-hydroxylation sites is 1. The summed E-state index contributed by atoms with van der Waals surface area (Å²) in [5.41, 5.74) is 5.42. The van der Waals surface area contributed by atoms with Crippen LogP contribution in [0.3, 0.4) is 0 Å². The van der Waals surface area contributed by atoms with E-state index in [1.807, 2.05) is 17.8 Å². The van der Waals surface area contributed by atoms with Crippen molar-refractivity contribution in [2.45, 2.75) is 19.9 Å². The van der Waals surface area contributed by atoms with Crippen molar-refractivity contribution in [2.24, 2.45) is 0 Å². The molecular weight excluding hydrogens is 266 g/mol. The molecule has 1 aromatic carbocycles. The molecule has 102 valence electrons. The van der Waals surface area contributed by atoms with Gasteiger partial charge in [0.25, 0.3) is 0 Å². The van der Waals surface area contributed by atoms with Crippen molar-refractivity contribution in [2.75, 3.05) is 6.54 Å². The summed E-state index contributed by atoms with van der Waals surface area (Å²) in [5, 5.41) is 4.70. The summed E-state index contributed by atoms with van der Waals surface area (Å²) in [6.07, 6.45) is 2.89. The molecule has 3 rings (SSSR count). The Balaban J connectivity index is 1.62. The van der Waals surface area contributed by atoms with Crippen molar-refractivity contribution in [3.05, 3.63) is 58.2 Å². The van der Waals surface area contributed by atoms with Gasteiger partial charge >= 0.3 is 0 Å². The number of pyridine rings is 1. The van der Waals surface area contributed by atoms with Gasteiger partial charge in [0.05, 0.1) is 16.7 Å². The number of thiazole rings is 1. The zero-order valence-electron chi connectivity index (χ0n) is 11.5. The number of nitrogens with one attached hydrogen (secondary N) is 1. The van der Waals surface area contributed by atoms with Gasteiger partial charge in [0.15, 0.2) is 0 Å². The number of aromatic nitrogens is 2.